The van der Waals surface area contributed by atoms with Crippen LogP contribution in [0.25, 0.3) is 10.9 Å². The van der Waals surface area contributed by atoms with Crippen molar-refractivity contribution in [2.45, 2.75) is 64.2 Å². The predicted molar refractivity (Wildman–Crippen MR) is 89.5 cm³/mol. The standard InChI is InChI=1S/C18H27N3/c1-17(2)10-15(11-18(3,4)21-17)20-12-13-5-6-16-14(9-13)7-8-19-16/h5-9,15,19-21H,10-12H2,1-4H3. The third-order valence-corrected chi connectivity index (χ3v) is 4.40. The number of aromatic amines is 1. The largest absolute Gasteiger partial charge is 0.361 e. The van der Waals surface area contributed by atoms with E-state index in [1.54, 1.807) is 0 Å². The van der Waals surface area contributed by atoms with Gasteiger partial charge in [0.1, 0.15) is 0 Å². The molecule has 1 saturated heterocycles. The van der Waals surface area contributed by atoms with Crippen LogP contribution in [0.2, 0.25) is 0 Å². The molecule has 114 valence electrons. The number of hydrogen-bond donors (Lipinski definition) is 3. The van der Waals surface area contributed by atoms with Crippen LogP contribution in [0.15, 0.2) is 30.5 Å². The molecule has 0 unspecified atom stereocenters. The van der Waals surface area contributed by atoms with Gasteiger partial charge < -0.3 is 15.6 Å². The van der Waals surface area contributed by atoms with E-state index in [4.69, 9.17) is 0 Å². The molecule has 0 bridgehead atoms. The van der Waals surface area contributed by atoms with Gasteiger partial charge >= 0.3 is 0 Å². The molecule has 0 saturated carbocycles. The molecule has 0 atom stereocenters. The fourth-order valence-corrected chi connectivity index (χ4v) is 3.94. The number of H-pyrrole nitrogens is 1. The third kappa shape index (κ3) is 3.47. The van der Waals surface area contributed by atoms with Gasteiger partial charge in [0.05, 0.1) is 0 Å². The fourth-order valence-electron chi connectivity index (χ4n) is 3.94. The molecule has 0 spiro atoms. The van der Waals surface area contributed by atoms with Crippen molar-refractivity contribution >= 4 is 10.9 Å². The van der Waals surface area contributed by atoms with Gasteiger partial charge in [0.25, 0.3) is 0 Å². The second-order valence-electron chi connectivity index (χ2n) is 7.78. The Labute approximate surface area is 127 Å². The zero-order valence-corrected chi connectivity index (χ0v) is 13.6. The lowest BCUT2D eigenvalue weighted by Crippen LogP contribution is -2.61. The average molecular weight is 285 g/mol. The molecule has 3 rings (SSSR count). The molecule has 0 aliphatic carbocycles. The summed E-state index contributed by atoms with van der Waals surface area (Å²) in [7, 11) is 0. The SMILES string of the molecule is CC1(C)CC(NCc2ccc3[nH]ccc3c2)CC(C)(C)N1. The van der Waals surface area contributed by atoms with Crippen molar-refractivity contribution in [3.63, 3.8) is 0 Å². The Hall–Kier alpha value is -1.32. The van der Waals surface area contributed by atoms with E-state index in [1.165, 1.54) is 29.3 Å². The summed E-state index contributed by atoms with van der Waals surface area (Å²) < 4.78 is 0. The summed E-state index contributed by atoms with van der Waals surface area (Å²) in [4.78, 5) is 3.25. The van der Waals surface area contributed by atoms with Crippen molar-refractivity contribution in [3.8, 4) is 0 Å². The van der Waals surface area contributed by atoms with Crippen molar-refractivity contribution in [2.75, 3.05) is 0 Å². The van der Waals surface area contributed by atoms with Crippen LogP contribution in [-0.2, 0) is 6.54 Å². The first-order valence-electron chi connectivity index (χ1n) is 7.92. The molecule has 0 amide bonds. The van der Waals surface area contributed by atoms with Crippen molar-refractivity contribution < 1.29 is 0 Å². The molecular weight excluding hydrogens is 258 g/mol. The minimum absolute atomic E-state index is 0.198. The second kappa shape index (κ2) is 5.15. The maximum Gasteiger partial charge on any atom is 0.0454 e. The van der Waals surface area contributed by atoms with Gasteiger partial charge in [0.2, 0.25) is 0 Å². The summed E-state index contributed by atoms with van der Waals surface area (Å²) in [5.41, 5.74) is 2.97. The van der Waals surface area contributed by atoms with E-state index in [9.17, 15) is 0 Å². The number of nitrogens with one attached hydrogen (secondary N) is 3. The second-order valence-corrected chi connectivity index (χ2v) is 7.78. The molecule has 21 heavy (non-hydrogen) atoms. The summed E-state index contributed by atoms with van der Waals surface area (Å²) in [5.74, 6) is 0. The van der Waals surface area contributed by atoms with Crippen molar-refractivity contribution in [3.05, 3.63) is 36.0 Å². The third-order valence-electron chi connectivity index (χ3n) is 4.40. The smallest absolute Gasteiger partial charge is 0.0454 e. The average Bonchev–Trinajstić information content (AvgIpc) is 2.79. The molecule has 3 N–H and O–H groups in total. The van der Waals surface area contributed by atoms with Gasteiger partial charge in [-0.15, -0.1) is 0 Å². The Morgan fingerprint density at radius 2 is 1.81 bits per heavy atom. The molecule has 3 nitrogen and oxygen atoms in total. The molecule has 1 fully saturated rings. The predicted octanol–water partition coefficient (Wildman–Crippen LogP) is 3.57. The van der Waals surface area contributed by atoms with E-state index in [2.05, 4.69) is 67.6 Å². The number of aromatic nitrogens is 1. The number of fused-ring (bicyclic) bond motifs is 1. The molecular formula is C18H27N3. The van der Waals surface area contributed by atoms with Crippen LogP contribution in [0, 0.1) is 0 Å². The van der Waals surface area contributed by atoms with Crippen LogP contribution in [0.3, 0.4) is 0 Å². The van der Waals surface area contributed by atoms with Crippen LogP contribution in [0.4, 0.5) is 0 Å². The van der Waals surface area contributed by atoms with Gasteiger partial charge in [-0.3, -0.25) is 0 Å². The molecule has 1 aromatic heterocycles. The first kappa shape index (κ1) is 14.6. The summed E-state index contributed by atoms with van der Waals surface area (Å²) in [6, 6.07) is 9.36. The highest BCUT2D eigenvalue weighted by Crippen LogP contribution is 2.28. The number of hydrogen-bond acceptors (Lipinski definition) is 2. The van der Waals surface area contributed by atoms with Crippen molar-refractivity contribution in [1.29, 1.82) is 0 Å². The van der Waals surface area contributed by atoms with Crippen molar-refractivity contribution in [2.24, 2.45) is 0 Å². The Bertz CT molecular complexity index is 608. The van der Waals surface area contributed by atoms with Crippen molar-refractivity contribution in [1.82, 2.24) is 15.6 Å². The van der Waals surface area contributed by atoms with Crippen LogP contribution in [0.1, 0.15) is 46.1 Å². The summed E-state index contributed by atoms with van der Waals surface area (Å²) >= 11 is 0. The van der Waals surface area contributed by atoms with Crippen LogP contribution in [0.5, 0.6) is 0 Å². The Morgan fingerprint density at radius 3 is 2.52 bits per heavy atom. The Morgan fingerprint density at radius 1 is 1.10 bits per heavy atom. The fraction of sp³-hybridized carbons (Fsp3) is 0.556. The maximum atomic E-state index is 3.76. The zero-order valence-electron chi connectivity index (χ0n) is 13.6. The van der Waals surface area contributed by atoms with E-state index in [-0.39, 0.29) is 11.1 Å². The highest BCUT2D eigenvalue weighted by atomic mass is 15.1. The lowest BCUT2D eigenvalue weighted by Gasteiger charge is -2.46. The summed E-state index contributed by atoms with van der Waals surface area (Å²) in [6.07, 6.45) is 4.34. The summed E-state index contributed by atoms with van der Waals surface area (Å²) in [5, 5.41) is 8.78. The quantitative estimate of drug-likeness (QED) is 0.807. The van der Waals surface area contributed by atoms with E-state index < -0.39 is 0 Å². The number of piperidine rings is 1. The van der Waals surface area contributed by atoms with Crippen LogP contribution in [-0.4, -0.2) is 22.1 Å². The van der Waals surface area contributed by atoms with Gasteiger partial charge in [-0.2, -0.15) is 0 Å². The minimum Gasteiger partial charge on any atom is -0.361 e. The van der Waals surface area contributed by atoms with Gasteiger partial charge in [-0.25, -0.2) is 0 Å². The van der Waals surface area contributed by atoms with E-state index >= 15 is 0 Å². The summed E-state index contributed by atoms with van der Waals surface area (Å²) in [6.45, 7) is 10.1. The molecule has 1 aliphatic rings. The van der Waals surface area contributed by atoms with E-state index in [1.807, 2.05) is 6.20 Å². The molecule has 3 heteroatoms. The van der Waals surface area contributed by atoms with Gasteiger partial charge in [0.15, 0.2) is 0 Å². The molecule has 1 aliphatic heterocycles. The Kier molecular flexibility index (Phi) is 3.58. The number of benzene rings is 1. The number of rotatable bonds is 3. The first-order chi connectivity index (χ1) is 9.83. The normalized spacial score (nSPS) is 21.7. The van der Waals surface area contributed by atoms with E-state index in [0.29, 0.717) is 6.04 Å². The monoisotopic (exact) mass is 285 g/mol. The highest BCUT2D eigenvalue weighted by Gasteiger charge is 2.37. The lowest BCUT2D eigenvalue weighted by molar-refractivity contribution is 0.145. The van der Waals surface area contributed by atoms with Gasteiger partial charge in [-0.1, -0.05) is 6.07 Å². The first-order valence-corrected chi connectivity index (χ1v) is 7.92. The van der Waals surface area contributed by atoms with Gasteiger partial charge in [0, 0.05) is 35.4 Å². The minimum atomic E-state index is 0.198. The molecule has 1 aromatic carbocycles. The van der Waals surface area contributed by atoms with E-state index in [0.717, 1.165) is 6.54 Å². The topological polar surface area (TPSA) is 39.9 Å². The van der Waals surface area contributed by atoms with Crippen LogP contribution >= 0.6 is 0 Å². The molecule has 2 heterocycles. The zero-order chi connectivity index (χ0) is 15.1. The van der Waals surface area contributed by atoms with Gasteiger partial charge in [-0.05, 0) is 69.7 Å². The Balaban J connectivity index is 1.66. The molecule has 2 aromatic rings. The maximum absolute atomic E-state index is 3.76. The molecule has 0 radical (unpaired) electrons. The lowest BCUT2D eigenvalue weighted by atomic mass is 9.79. The highest BCUT2D eigenvalue weighted by molar-refractivity contribution is 5.79. The van der Waals surface area contributed by atoms with Crippen LogP contribution < -0.4 is 10.6 Å².